The highest BCUT2D eigenvalue weighted by atomic mass is 32.2. The standard InChI is InChI=1S/C16H23NS/c17-16-14-10-4-1-6-12(14)7-5-11-15(16)18-13-8-2-3-9-13/h1,4,6,10,13,15-16H,2-3,5,7-9,11,17H2. The van der Waals surface area contributed by atoms with Crippen molar-refractivity contribution in [1.29, 1.82) is 0 Å². The van der Waals surface area contributed by atoms with Crippen molar-refractivity contribution in [2.45, 2.75) is 61.5 Å². The van der Waals surface area contributed by atoms with Gasteiger partial charge in [-0.3, -0.25) is 0 Å². The Kier molecular flexibility index (Phi) is 3.95. The van der Waals surface area contributed by atoms with E-state index in [1.165, 1.54) is 56.1 Å². The molecule has 0 aliphatic heterocycles. The van der Waals surface area contributed by atoms with Gasteiger partial charge >= 0.3 is 0 Å². The number of fused-ring (bicyclic) bond motifs is 1. The Morgan fingerprint density at radius 2 is 1.78 bits per heavy atom. The summed E-state index contributed by atoms with van der Waals surface area (Å²) in [6.45, 7) is 0. The monoisotopic (exact) mass is 261 g/mol. The molecular formula is C16H23NS. The van der Waals surface area contributed by atoms with Crippen LogP contribution in [0.1, 0.15) is 55.7 Å². The molecule has 0 aromatic heterocycles. The third-order valence-corrected chi connectivity index (χ3v) is 6.15. The van der Waals surface area contributed by atoms with E-state index in [1.54, 1.807) is 0 Å². The van der Waals surface area contributed by atoms with Gasteiger partial charge in [-0.2, -0.15) is 11.8 Å². The van der Waals surface area contributed by atoms with Gasteiger partial charge in [0.1, 0.15) is 0 Å². The van der Waals surface area contributed by atoms with Crippen LogP contribution < -0.4 is 5.73 Å². The van der Waals surface area contributed by atoms with Gasteiger partial charge in [0.2, 0.25) is 0 Å². The fraction of sp³-hybridized carbons (Fsp3) is 0.625. The number of benzene rings is 1. The Hall–Kier alpha value is -0.470. The zero-order valence-electron chi connectivity index (χ0n) is 11.0. The summed E-state index contributed by atoms with van der Waals surface area (Å²) < 4.78 is 0. The van der Waals surface area contributed by atoms with Crippen molar-refractivity contribution in [3.63, 3.8) is 0 Å². The van der Waals surface area contributed by atoms with Crippen LogP contribution in [-0.2, 0) is 6.42 Å². The van der Waals surface area contributed by atoms with Crippen LogP contribution in [0.25, 0.3) is 0 Å². The molecule has 0 amide bonds. The summed E-state index contributed by atoms with van der Waals surface area (Å²) in [7, 11) is 0. The maximum Gasteiger partial charge on any atom is 0.0418 e. The molecule has 2 unspecified atom stereocenters. The number of nitrogens with two attached hydrogens (primary N) is 1. The molecule has 1 aromatic rings. The Bertz CT molecular complexity index is 398. The minimum absolute atomic E-state index is 0.245. The van der Waals surface area contributed by atoms with Gasteiger partial charge in [-0.25, -0.2) is 0 Å². The molecular weight excluding hydrogens is 238 g/mol. The first-order valence-electron chi connectivity index (χ1n) is 7.33. The van der Waals surface area contributed by atoms with Crippen molar-refractivity contribution >= 4 is 11.8 Å². The van der Waals surface area contributed by atoms with Gasteiger partial charge in [0, 0.05) is 16.5 Å². The molecule has 2 aliphatic carbocycles. The lowest BCUT2D eigenvalue weighted by Gasteiger charge is -2.25. The highest BCUT2D eigenvalue weighted by Gasteiger charge is 2.28. The Morgan fingerprint density at radius 1 is 1.00 bits per heavy atom. The first-order valence-corrected chi connectivity index (χ1v) is 8.28. The lowest BCUT2D eigenvalue weighted by molar-refractivity contribution is 0.628. The van der Waals surface area contributed by atoms with E-state index in [0.717, 1.165) is 5.25 Å². The molecule has 98 valence electrons. The topological polar surface area (TPSA) is 26.0 Å². The fourth-order valence-electron chi connectivity index (χ4n) is 3.38. The Balaban J connectivity index is 1.76. The molecule has 0 radical (unpaired) electrons. The van der Waals surface area contributed by atoms with Crippen LogP contribution in [0.3, 0.4) is 0 Å². The van der Waals surface area contributed by atoms with E-state index in [2.05, 4.69) is 36.0 Å². The largest absolute Gasteiger partial charge is 0.323 e. The van der Waals surface area contributed by atoms with Gasteiger partial charge in [-0.05, 0) is 43.2 Å². The summed E-state index contributed by atoms with van der Waals surface area (Å²) in [5.74, 6) is 0. The minimum Gasteiger partial charge on any atom is -0.323 e. The molecule has 1 fully saturated rings. The second-order valence-electron chi connectivity index (χ2n) is 5.70. The summed E-state index contributed by atoms with van der Waals surface area (Å²) in [5.41, 5.74) is 9.44. The maximum absolute atomic E-state index is 6.55. The predicted octanol–water partition coefficient (Wildman–Crippen LogP) is 4.07. The van der Waals surface area contributed by atoms with Crippen molar-refractivity contribution in [2.24, 2.45) is 5.73 Å². The number of aryl methyl sites for hydroxylation is 1. The highest BCUT2D eigenvalue weighted by molar-refractivity contribution is 8.00. The summed E-state index contributed by atoms with van der Waals surface area (Å²) in [6, 6.07) is 9.04. The lowest BCUT2D eigenvalue weighted by Crippen LogP contribution is -2.25. The Morgan fingerprint density at radius 3 is 2.61 bits per heavy atom. The van der Waals surface area contributed by atoms with Crippen LogP contribution in [0.5, 0.6) is 0 Å². The van der Waals surface area contributed by atoms with E-state index in [0.29, 0.717) is 5.25 Å². The summed E-state index contributed by atoms with van der Waals surface area (Å²) in [4.78, 5) is 0. The number of thioether (sulfide) groups is 1. The molecule has 2 aliphatic rings. The molecule has 2 atom stereocenters. The number of rotatable bonds is 2. The normalized spacial score (nSPS) is 28.9. The van der Waals surface area contributed by atoms with Crippen LogP contribution in [-0.4, -0.2) is 10.5 Å². The molecule has 1 nitrogen and oxygen atoms in total. The molecule has 3 rings (SSSR count). The molecule has 0 heterocycles. The van der Waals surface area contributed by atoms with Gasteiger partial charge in [0.05, 0.1) is 0 Å². The van der Waals surface area contributed by atoms with Gasteiger partial charge in [0.25, 0.3) is 0 Å². The van der Waals surface area contributed by atoms with Crippen molar-refractivity contribution in [3.05, 3.63) is 35.4 Å². The third kappa shape index (κ3) is 2.60. The van der Waals surface area contributed by atoms with Gasteiger partial charge in [0.15, 0.2) is 0 Å². The minimum atomic E-state index is 0.245. The zero-order chi connectivity index (χ0) is 12.4. The first-order chi connectivity index (χ1) is 8.84. The van der Waals surface area contributed by atoms with Crippen molar-refractivity contribution in [1.82, 2.24) is 0 Å². The smallest absolute Gasteiger partial charge is 0.0418 e. The van der Waals surface area contributed by atoms with Gasteiger partial charge < -0.3 is 5.73 Å². The summed E-state index contributed by atoms with van der Waals surface area (Å²) in [6.07, 6.45) is 9.48. The van der Waals surface area contributed by atoms with Crippen LogP contribution >= 0.6 is 11.8 Å². The predicted molar refractivity (Wildman–Crippen MR) is 79.9 cm³/mol. The quantitative estimate of drug-likeness (QED) is 0.812. The lowest BCUT2D eigenvalue weighted by atomic mass is 10.00. The van der Waals surface area contributed by atoms with E-state index in [4.69, 9.17) is 5.73 Å². The molecule has 0 bridgehead atoms. The summed E-state index contributed by atoms with van der Waals surface area (Å²) >= 11 is 2.19. The molecule has 0 spiro atoms. The van der Waals surface area contributed by atoms with E-state index in [9.17, 15) is 0 Å². The average molecular weight is 261 g/mol. The molecule has 1 saturated carbocycles. The molecule has 0 saturated heterocycles. The van der Waals surface area contributed by atoms with E-state index < -0.39 is 0 Å². The van der Waals surface area contributed by atoms with Crippen molar-refractivity contribution < 1.29 is 0 Å². The Labute approximate surface area is 115 Å². The maximum atomic E-state index is 6.55. The van der Waals surface area contributed by atoms with Crippen LogP contribution in [0.4, 0.5) is 0 Å². The SMILES string of the molecule is NC1c2ccccc2CCCC1SC1CCCC1. The van der Waals surface area contributed by atoms with Crippen LogP contribution in [0.2, 0.25) is 0 Å². The third-order valence-electron chi connectivity index (χ3n) is 4.42. The molecule has 1 aromatic carbocycles. The fourth-order valence-corrected chi connectivity index (χ4v) is 5.10. The number of hydrogen-bond donors (Lipinski definition) is 1. The van der Waals surface area contributed by atoms with E-state index in [-0.39, 0.29) is 6.04 Å². The molecule has 2 N–H and O–H groups in total. The molecule has 18 heavy (non-hydrogen) atoms. The van der Waals surface area contributed by atoms with Crippen LogP contribution in [0, 0.1) is 0 Å². The highest BCUT2D eigenvalue weighted by Crippen LogP contribution is 2.40. The first kappa shape index (κ1) is 12.6. The second-order valence-corrected chi connectivity index (χ2v) is 7.24. The second kappa shape index (κ2) is 5.66. The van der Waals surface area contributed by atoms with Crippen LogP contribution in [0.15, 0.2) is 24.3 Å². The number of hydrogen-bond acceptors (Lipinski definition) is 2. The van der Waals surface area contributed by atoms with Crippen molar-refractivity contribution in [2.75, 3.05) is 0 Å². The van der Waals surface area contributed by atoms with E-state index >= 15 is 0 Å². The average Bonchev–Trinajstić information content (AvgIpc) is 2.85. The van der Waals surface area contributed by atoms with E-state index in [1.807, 2.05) is 0 Å². The zero-order valence-corrected chi connectivity index (χ0v) is 11.8. The van der Waals surface area contributed by atoms with Gasteiger partial charge in [-0.15, -0.1) is 0 Å². The summed E-state index contributed by atoms with van der Waals surface area (Å²) in [5, 5.41) is 1.52. The molecule has 2 heteroatoms. The van der Waals surface area contributed by atoms with Gasteiger partial charge in [-0.1, -0.05) is 37.1 Å². The van der Waals surface area contributed by atoms with Crippen molar-refractivity contribution in [3.8, 4) is 0 Å².